The maximum atomic E-state index is 3.51. The Labute approximate surface area is 142 Å². The average Bonchev–Trinajstić information content (AvgIpc) is 2.59. The monoisotopic (exact) mass is 304 g/mol. The number of unbranched alkanes of at least 4 members (excludes halogenated alkanes) is 3. The van der Waals surface area contributed by atoms with E-state index in [1.165, 1.54) is 53.5 Å². The van der Waals surface area contributed by atoms with Crippen LogP contribution in [-0.2, 0) is 6.42 Å². The minimum Gasteiger partial charge on any atom is -0.0979 e. The van der Waals surface area contributed by atoms with E-state index < -0.39 is 0 Å². The largest absolute Gasteiger partial charge is 0.0979 e. The molecule has 0 saturated carbocycles. The third-order valence-corrected chi connectivity index (χ3v) is 4.28. The lowest BCUT2D eigenvalue weighted by Crippen LogP contribution is -1.98. The first-order valence-corrected chi connectivity index (χ1v) is 8.94. The van der Waals surface area contributed by atoms with Crippen LogP contribution in [0.25, 0.3) is 11.1 Å². The maximum absolute atomic E-state index is 3.51. The van der Waals surface area contributed by atoms with Crippen molar-refractivity contribution in [2.75, 3.05) is 0 Å². The van der Waals surface area contributed by atoms with Gasteiger partial charge in [-0.2, -0.15) is 0 Å². The van der Waals surface area contributed by atoms with E-state index in [0.29, 0.717) is 0 Å². The Bertz CT molecular complexity index is 668. The van der Waals surface area contributed by atoms with E-state index in [-0.39, 0.29) is 0 Å². The van der Waals surface area contributed by atoms with Gasteiger partial charge in [0.1, 0.15) is 0 Å². The van der Waals surface area contributed by atoms with Crippen LogP contribution in [-0.4, -0.2) is 0 Å². The molecule has 0 heteroatoms. The zero-order valence-corrected chi connectivity index (χ0v) is 14.8. The summed E-state index contributed by atoms with van der Waals surface area (Å²) in [6, 6.07) is 15.2. The Kier molecular flexibility index (Phi) is 6.95. The lowest BCUT2D eigenvalue weighted by molar-refractivity contribution is 0.790. The molecule has 0 aliphatic rings. The van der Waals surface area contributed by atoms with Crippen molar-refractivity contribution in [3.8, 4) is 23.0 Å². The van der Waals surface area contributed by atoms with Crippen molar-refractivity contribution in [1.82, 2.24) is 0 Å². The van der Waals surface area contributed by atoms with Crippen LogP contribution in [0, 0.1) is 18.8 Å². The highest BCUT2D eigenvalue weighted by Gasteiger charge is 2.11. The third kappa shape index (κ3) is 4.73. The van der Waals surface area contributed by atoms with Gasteiger partial charge < -0.3 is 0 Å². The van der Waals surface area contributed by atoms with E-state index in [0.717, 1.165) is 12.8 Å². The molecule has 0 N–H and O–H groups in total. The summed E-state index contributed by atoms with van der Waals surface area (Å²) in [7, 11) is 0. The highest BCUT2D eigenvalue weighted by Crippen LogP contribution is 2.29. The van der Waals surface area contributed by atoms with Gasteiger partial charge in [0.05, 0.1) is 0 Å². The summed E-state index contributed by atoms with van der Waals surface area (Å²) in [5.41, 5.74) is 6.62. The molecule has 0 bridgehead atoms. The topological polar surface area (TPSA) is 0 Å². The van der Waals surface area contributed by atoms with Gasteiger partial charge in [-0.15, -0.1) is 0 Å². The van der Waals surface area contributed by atoms with Crippen LogP contribution in [0.15, 0.2) is 42.5 Å². The smallest absolute Gasteiger partial charge is 0.0358 e. The summed E-state index contributed by atoms with van der Waals surface area (Å²) in [5, 5.41) is 0. The lowest BCUT2D eigenvalue weighted by atomic mass is 9.90. The molecular weight excluding hydrogens is 276 g/mol. The number of aryl methyl sites for hydroxylation is 1. The summed E-state index contributed by atoms with van der Waals surface area (Å²) in [5.74, 6) is 6.92. The number of benzene rings is 2. The SMILES string of the molecule is CCCCC#Cc1c(-c2ccccc2)ccc(C)c1CCCC. The normalized spacial score (nSPS) is 10.2. The second-order valence-electron chi connectivity index (χ2n) is 6.16. The van der Waals surface area contributed by atoms with Crippen LogP contribution in [0.2, 0.25) is 0 Å². The Balaban J connectivity index is 2.49. The van der Waals surface area contributed by atoms with E-state index in [4.69, 9.17) is 0 Å². The molecule has 0 heterocycles. The van der Waals surface area contributed by atoms with E-state index in [2.05, 4.69) is 75.1 Å². The Morgan fingerprint density at radius 2 is 1.61 bits per heavy atom. The van der Waals surface area contributed by atoms with E-state index in [1.807, 2.05) is 0 Å². The van der Waals surface area contributed by atoms with Crippen LogP contribution in [0.3, 0.4) is 0 Å². The van der Waals surface area contributed by atoms with E-state index >= 15 is 0 Å². The highest BCUT2D eigenvalue weighted by molar-refractivity contribution is 5.73. The number of rotatable bonds is 6. The van der Waals surface area contributed by atoms with E-state index in [9.17, 15) is 0 Å². The summed E-state index contributed by atoms with van der Waals surface area (Å²) < 4.78 is 0. The van der Waals surface area contributed by atoms with Crippen molar-refractivity contribution in [1.29, 1.82) is 0 Å². The van der Waals surface area contributed by atoms with Gasteiger partial charge in [0.25, 0.3) is 0 Å². The quantitative estimate of drug-likeness (QED) is 0.419. The molecule has 0 saturated heterocycles. The molecule has 0 nitrogen and oxygen atoms in total. The standard InChI is InChI=1S/C23H28/c1-4-6-8-12-16-23-21(15-7-5-2)19(3)17-18-22(23)20-13-10-9-11-14-20/h9-11,13-14,17-18H,4-8,15H2,1-3H3. The molecule has 0 radical (unpaired) electrons. The van der Waals surface area contributed by atoms with Crippen molar-refractivity contribution in [3.63, 3.8) is 0 Å². The van der Waals surface area contributed by atoms with Gasteiger partial charge >= 0.3 is 0 Å². The summed E-state index contributed by atoms with van der Waals surface area (Å²) in [6.45, 7) is 6.69. The fourth-order valence-electron chi connectivity index (χ4n) is 2.84. The van der Waals surface area contributed by atoms with E-state index in [1.54, 1.807) is 0 Å². The van der Waals surface area contributed by atoms with Gasteiger partial charge in [-0.25, -0.2) is 0 Å². The molecule has 0 spiro atoms. The molecule has 0 aliphatic heterocycles. The Morgan fingerprint density at radius 3 is 2.30 bits per heavy atom. The fraction of sp³-hybridized carbons (Fsp3) is 0.391. The molecule has 0 fully saturated rings. The minimum atomic E-state index is 0.992. The first kappa shape index (κ1) is 17.4. The van der Waals surface area contributed by atoms with Gasteiger partial charge in [-0.3, -0.25) is 0 Å². The second kappa shape index (κ2) is 9.21. The maximum Gasteiger partial charge on any atom is 0.0358 e. The zero-order valence-electron chi connectivity index (χ0n) is 14.8. The molecule has 2 aromatic carbocycles. The van der Waals surface area contributed by atoms with Crippen LogP contribution in [0.4, 0.5) is 0 Å². The third-order valence-electron chi connectivity index (χ3n) is 4.28. The lowest BCUT2D eigenvalue weighted by Gasteiger charge is -2.14. The average molecular weight is 304 g/mol. The number of hydrogen-bond acceptors (Lipinski definition) is 0. The Hall–Kier alpha value is -2.00. The van der Waals surface area contributed by atoms with Crippen LogP contribution < -0.4 is 0 Å². The van der Waals surface area contributed by atoms with Gasteiger partial charge in [0.2, 0.25) is 0 Å². The predicted octanol–water partition coefficient (Wildman–Crippen LogP) is 6.55. The fourth-order valence-corrected chi connectivity index (χ4v) is 2.84. The molecular formula is C23H28. The van der Waals surface area contributed by atoms with Crippen molar-refractivity contribution in [3.05, 3.63) is 59.2 Å². The first-order valence-electron chi connectivity index (χ1n) is 8.94. The summed E-state index contributed by atoms with van der Waals surface area (Å²) >= 11 is 0. The molecule has 2 rings (SSSR count). The minimum absolute atomic E-state index is 0.992. The van der Waals surface area contributed by atoms with Gasteiger partial charge in [0, 0.05) is 12.0 Å². The molecule has 0 aliphatic carbocycles. The van der Waals surface area contributed by atoms with Crippen molar-refractivity contribution < 1.29 is 0 Å². The molecule has 120 valence electrons. The van der Waals surface area contributed by atoms with Crippen molar-refractivity contribution >= 4 is 0 Å². The molecule has 0 aromatic heterocycles. The molecule has 0 unspecified atom stereocenters. The highest BCUT2D eigenvalue weighted by atomic mass is 14.1. The van der Waals surface area contributed by atoms with Crippen molar-refractivity contribution in [2.45, 2.75) is 59.3 Å². The van der Waals surface area contributed by atoms with Gasteiger partial charge in [-0.05, 0) is 48.4 Å². The van der Waals surface area contributed by atoms with Crippen LogP contribution in [0.5, 0.6) is 0 Å². The zero-order chi connectivity index (χ0) is 16.5. The van der Waals surface area contributed by atoms with Crippen LogP contribution in [0.1, 0.15) is 62.6 Å². The second-order valence-corrected chi connectivity index (χ2v) is 6.16. The van der Waals surface area contributed by atoms with Gasteiger partial charge in [-0.1, -0.05) is 81.0 Å². The molecule has 0 atom stereocenters. The predicted molar refractivity (Wildman–Crippen MR) is 102 cm³/mol. The van der Waals surface area contributed by atoms with Crippen molar-refractivity contribution in [2.24, 2.45) is 0 Å². The van der Waals surface area contributed by atoms with Gasteiger partial charge in [0.15, 0.2) is 0 Å². The molecule has 23 heavy (non-hydrogen) atoms. The molecule has 0 amide bonds. The molecule has 2 aromatic rings. The summed E-state index contributed by atoms with van der Waals surface area (Å²) in [6.07, 6.45) is 6.95. The summed E-state index contributed by atoms with van der Waals surface area (Å²) in [4.78, 5) is 0. The van der Waals surface area contributed by atoms with Crippen LogP contribution >= 0.6 is 0 Å². The number of hydrogen-bond donors (Lipinski definition) is 0. The first-order chi connectivity index (χ1) is 11.3. The Morgan fingerprint density at radius 1 is 0.870 bits per heavy atom.